The third-order valence-corrected chi connectivity index (χ3v) is 3.25. The van der Waals surface area contributed by atoms with Crippen molar-refractivity contribution in [2.24, 2.45) is 7.05 Å². The molecule has 5 heteroatoms. The third-order valence-electron chi connectivity index (χ3n) is 3.25. The zero-order valence-corrected chi connectivity index (χ0v) is 10.1. The number of carbonyl (C=O) groups excluding carboxylic acids is 1. The maximum absolute atomic E-state index is 12.4. The quantitative estimate of drug-likeness (QED) is 0.816. The van der Waals surface area contributed by atoms with Gasteiger partial charge in [0.25, 0.3) is 5.91 Å². The minimum Gasteiger partial charge on any atom is -0.382 e. The van der Waals surface area contributed by atoms with Gasteiger partial charge in [-0.3, -0.25) is 9.48 Å². The summed E-state index contributed by atoms with van der Waals surface area (Å²) in [6.45, 7) is 1.31. The Kier molecular flexibility index (Phi) is 2.33. The van der Waals surface area contributed by atoms with Crippen molar-refractivity contribution in [3.05, 3.63) is 47.2 Å². The van der Waals surface area contributed by atoms with Crippen LogP contribution < -0.4 is 5.73 Å². The van der Waals surface area contributed by atoms with Crippen LogP contribution in [-0.4, -0.2) is 20.6 Å². The summed E-state index contributed by atoms with van der Waals surface area (Å²) in [5.74, 6) is 0.343. The van der Waals surface area contributed by atoms with Crippen LogP contribution in [0.1, 0.15) is 21.6 Å². The Balaban J connectivity index is 1.87. The lowest BCUT2D eigenvalue weighted by Crippen LogP contribution is -2.27. The van der Waals surface area contributed by atoms with Crippen molar-refractivity contribution in [2.75, 3.05) is 5.73 Å². The van der Waals surface area contributed by atoms with Crippen LogP contribution in [0.15, 0.2) is 30.3 Å². The Morgan fingerprint density at radius 3 is 2.39 bits per heavy atom. The number of hydrogen-bond donors (Lipinski definition) is 1. The van der Waals surface area contributed by atoms with Gasteiger partial charge in [0.1, 0.15) is 11.5 Å². The standard InChI is InChI=1S/C13H14N4O/c1-16-11(6-12(14)15-16)13(18)17-7-9-4-2-3-5-10(9)8-17/h2-6H,7-8H2,1H3,(H2,14,15). The molecule has 1 aromatic carbocycles. The molecule has 0 saturated heterocycles. The van der Waals surface area contributed by atoms with E-state index < -0.39 is 0 Å². The number of nitrogens with two attached hydrogens (primary N) is 1. The predicted molar refractivity (Wildman–Crippen MR) is 67.6 cm³/mol. The summed E-state index contributed by atoms with van der Waals surface area (Å²) in [7, 11) is 1.73. The number of carbonyl (C=O) groups is 1. The number of anilines is 1. The van der Waals surface area contributed by atoms with Crippen LogP contribution in [0.3, 0.4) is 0 Å². The topological polar surface area (TPSA) is 64.2 Å². The molecule has 1 aliphatic heterocycles. The molecule has 18 heavy (non-hydrogen) atoms. The second-order valence-electron chi connectivity index (χ2n) is 4.51. The van der Waals surface area contributed by atoms with Crippen molar-refractivity contribution in [1.29, 1.82) is 0 Å². The van der Waals surface area contributed by atoms with Crippen molar-refractivity contribution >= 4 is 11.7 Å². The van der Waals surface area contributed by atoms with E-state index in [1.807, 2.05) is 12.1 Å². The number of nitrogens with zero attached hydrogens (tertiary/aromatic N) is 3. The summed E-state index contributed by atoms with van der Waals surface area (Å²) >= 11 is 0. The maximum Gasteiger partial charge on any atom is 0.272 e. The van der Waals surface area contributed by atoms with Crippen LogP contribution in [-0.2, 0) is 20.1 Å². The maximum atomic E-state index is 12.4. The molecule has 1 aliphatic rings. The third kappa shape index (κ3) is 1.64. The molecule has 0 fully saturated rings. The highest BCUT2D eigenvalue weighted by atomic mass is 16.2. The van der Waals surface area contributed by atoms with Crippen LogP contribution >= 0.6 is 0 Å². The van der Waals surface area contributed by atoms with E-state index in [9.17, 15) is 4.79 Å². The Morgan fingerprint density at radius 1 is 1.28 bits per heavy atom. The van der Waals surface area contributed by atoms with Gasteiger partial charge in [0.05, 0.1) is 0 Å². The van der Waals surface area contributed by atoms with Crippen molar-refractivity contribution in [2.45, 2.75) is 13.1 Å². The number of hydrogen-bond acceptors (Lipinski definition) is 3. The first-order valence-electron chi connectivity index (χ1n) is 5.81. The first-order chi connectivity index (χ1) is 8.65. The second kappa shape index (κ2) is 3.87. The normalized spacial score (nSPS) is 13.7. The fourth-order valence-electron chi connectivity index (χ4n) is 2.33. The van der Waals surface area contributed by atoms with Gasteiger partial charge in [-0.2, -0.15) is 5.10 Å². The lowest BCUT2D eigenvalue weighted by molar-refractivity contribution is 0.0740. The minimum absolute atomic E-state index is 0.0297. The van der Waals surface area contributed by atoms with Gasteiger partial charge in [-0.15, -0.1) is 0 Å². The monoisotopic (exact) mass is 242 g/mol. The minimum atomic E-state index is -0.0297. The Morgan fingerprint density at radius 2 is 1.89 bits per heavy atom. The molecule has 0 bridgehead atoms. The molecule has 1 aromatic heterocycles. The average molecular weight is 242 g/mol. The van der Waals surface area contributed by atoms with Crippen LogP contribution in [0.2, 0.25) is 0 Å². The number of fused-ring (bicyclic) bond motifs is 1. The molecule has 2 heterocycles. The highest BCUT2D eigenvalue weighted by molar-refractivity contribution is 5.93. The fourth-order valence-corrected chi connectivity index (χ4v) is 2.33. The number of benzene rings is 1. The molecule has 0 atom stereocenters. The number of nitrogen functional groups attached to an aromatic ring is 1. The fraction of sp³-hybridized carbons (Fsp3) is 0.231. The zero-order valence-electron chi connectivity index (χ0n) is 10.1. The lowest BCUT2D eigenvalue weighted by Gasteiger charge is -2.14. The summed E-state index contributed by atoms with van der Waals surface area (Å²) in [6.07, 6.45) is 0. The molecule has 5 nitrogen and oxygen atoms in total. The van der Waals surface area contributed by atoms with Crippen molar-refractivity contribution < 1.29 is 4.79 Å². The van der Waals surface area contributed by atoms with E-state index in [2.05, 4.69) is 17.2 Å². The SMILES string of the molecule is Cn1nc(N)cc1C(=O)N1Cc2ccccc2C1. The van der Waals surface area contributed by atoms with Crippen LogP contribution in [0.4, 0.5) is 5.82 Å². The molecule has 0 spiro atoms. The molecule has 3 rings (SSSR count). The molecule has 0 unspecified atom stereocenters. The van der Waals surface area contributed by atoms with Crippen LogP contribution in [0.25, 0.3) is 0 Å². The van der Waals surface area contributed by atoms with E-state index in [1.165, 1.54) is 15.8 Å². The van der Waals surface area contributed by atoms with Gasteiger partial charge in [0, 0.05) is 26.2 Å². The summed E-state index contributed by atoms with van der Waals surface area (Å²) < 4.78 is 1.53. The van der Waals surface area contributed by atoms with Gasteiger partial charge in [-0.1, -0.05) is 24.3 Å². The zero-order chi connectivity index (χ0) is 12.7. The van der Waals surface area contributed by atoms with Gasteiger partial charge >= 0.3 is 0 Å². The largest absolute Gasteiger partial charge is 0.382 e. The number of rotatable bonds is 1. The summed E-state index contributed by atoms with van der Waals surface area (Å²) in [5.41, 5.74) is 8.54. The summed E-state index contributed by atoms with van der Waals surface area (Å²) in [4.78, 5) is 14.2. The predicted octanol–water partition coefficient (Wildman–Crippen LogP) is 1.16. The molecule has 0 saturated carbocycles. The Labute approximate surface area is 105 Å². The second-order valence-corrected chi connectivity index (χ2v) is 4.51. The first-order valence-corrected chi connectivity index (χ1v) is 5.81. The van der Waals surface area contributed by atoms with E-state index in [0.717, 1.165) is 0 Å². The Bertz CT molecular complexity index is 592. The van der Waals surface area contributed by atoms with Gasteiger partial charge in [-0.05, 0) is 11.1 Å². The van der Waals surface area contributed by atoms with E-state index in [-0.39, 0.29) is 5.91 Å². The van der Waals surface area contributed by atoms with Gasteiger partial charge in [-0.25, -0.2) is 0 Å². The molecule has 0 radical (unpaired) electrons. The number of aryl methyl sites for hydroxylation is 1. The molecular formula is C13H14N4O. The van der Waals surface area contributed by atoms with Gasteiger partial charge in [0.2, 0.25) is 0 Å². The van der Waals surface area contributed by atoms with Gasteiger partial charge < -0.3 is 10.6 Å². The Hall–Kier alpha value is -2.30. The highest BCUT2D eigenvalue weighted by Gasteiger charge is 2.25. The summed E-state index contributed by atoms with van der Waals surface area (Å²) in [5, 5.41) is 4.00. The molecule has 2 aromatic rings. The van der Waals surface area contributed by atoms with Crippen LogP contribution in [0.5, 0.6) is 0 Å². The lowest BCUT2D eigenvalue weighted by atomic mass is 10.1. The number of amides is 1. The first kappa shape index (κ1) is 10.8. The van der Waals surface area contributed by atoms with E-state index in [4.69, 9.17) is 5.73 Å². The molecule has 92 valence electrons. The molecule has 1 amide bonds. The van der Waals surface area contributed by atoms with Crippen molar-refractivity contribution in [3.8, 4) is 0 Å². The van der Waals surface area contributed by atoms with Gasteiger partial charge in [0.15, 0.2) is 0 Å². The van der Waals surface area contributed by atoms with Crippen molar-refractivity contribution in [3.63, 3.8) is 0 Å². The molecule has 2 N–H and O–H groups in total. The molecule has 0 aliphatic carbocycles. The van der Waals surface area contributed by atoms with Crippen LogP contribution in [0, 0.1) is 0 Å². The molecular weight excluding hydrogens is 228 g/mol. The van der Waals surface area contributed by atoms with E-state index in [1.54, 1.807) is 18.0 Å². The van der Waals surface area contributed by atoms with Crippen molar-refractivity contribution in [1.82, 2.24) is 14.7 Å². The van der Waals surface area contributed by atoms with E-state index in [0.29, 0.717) is 24.6 Å². The van der Waals surface area contributed by atoms with E-state index >= 15 is 0 Å². The highest BCUT2D eigenvalue weighted by Crippen LogP contribution is 2.24. The number of aromatic nitrogens is 2. The average Bonchev–Trinajstić information content (AvgIpc) is 2.91. The smallest absolute Gasteiger partial charge is 0.272 e. The summed E-state index contributed by atoms with van der Waals surface area (Å²) in [6, 6.07) is 9.72.